The topological polar surface area (TPSA) is 29.3 Å². The van der Waals surface area contributed by atoms with Crippen LogP contribution in [0.25, 0.3) is 6.08 Å². The molecule has 0 aliphatic carbocycles. The van der Waals surface area contributed by atoms with Crippen molar-refractivity contribution in [3.8, 4) is 0 Å². The van der Waals surface area contributed by atoms with Crippen LogP contribution in [0, 0.1) is 0 Å². The zero-order valence-electron chi connectivity index (χ0n) is 8.70. The van der Waals surface area contributed by atoms with Crippen LogP contribution in [0.4, 0.5) is 5.69 Å². The number of rotatable bonds is 3. The van der Waals surface area contributed by atoms with E-state index in [9.17, 15) is 0 Å². The SMILES string of the molecule is C=C(N)C=Cc1ccc(N(C)C)cc1. The standard InChI is InChI=1S/C12H16N2/c1-10(13)4-5-11-6-8-12(9-7-11)14(2)3/h4-9H,1,13H2,2-3H3. The zero-order valence-corrected chi connectivity index (χ0v) is 8.70. The first-order valence-electron chi connectivity index (χ1n) is 4.49. The summed E-state index contributed by atoms with van der Waals surface area (Å²) in [4.78, 5) is 2.06. The van der Waals surface area contributed by atoms with Crippen LogP contribution in [0.15, 0.2) is 42.6 Å². The Morgan fingerprint density at radius 1 is 1.29 bits per heavy atom. The Labute approximate surface area is 85.3 Å². The van der Waals surface area contributed by atoms with Gasteiger partial charge in [-0.1, -0.05) is 24.8 Å². The van der Waals surface area contributed by atoms with E-state index in [1.165, 1.54) is 5.69 Å². The van der Waals surface area contributed by atoms with Crippen LogP contribution < -0.4 is 10.6 Å². The van der Waals surface area contributed by atoms with Gasteiger partial charge in [0.25, 0.3) is 0 Å². The van der Waals surface area contributed by atoms with Gasteiger partial charge in [0.2, 0.25) is 0 Å². The number of anilines is 1. The summed E-state index contributed by atoms with van der Waals surface area (Å²) in [6, 6.07) is 8.24. The summed E-state index contributed by atoms with van der Waals surface area (Å²) >= 11 is 0. The number of allylic oxidation sites excluding steroid dienone is 1. The summed E-state index contributed by atoms with van der Waals surface area (Å²) in [5.41, 5.74) is 8.32. The van der Waals surface area contributed by atoms with Crippen molar-refractivity contribution in [3.05, 3.63) is 48.2 Å². The van der Waals surface area contributed by atoms with Crippen LogP contribution in [-0.4, -0.2) is 14.1 Å². The van der Waals surface area contributed by atoms with Crippen molar-refractivity contribution in [3.63, 3.8) is 0 Å². The van der Waals surface area contributed by atoms with Crippen LogP contribution in [-0.2, 0) is 0 Å². The van der Waals surface area contributed by atoms with E-state index in [-0.39, 0.29) is 0 Å². The minimum absolute atomic E-state index is 0.571. The second kappa shape index (κ2) is 4.51. The smallest absolute Gasteiger partial charge is 0.0361 e. The summed E-state index contributed by atoms with van der Waals surface area (Å²) < 4.78 is 0. The fraction of sp³-hybridized carbons (Fsp3) is 0.167. The average molecular weight is 188 g/mol. The summed E-state index contributed by atoms with van der Waals surface area (Å²) in [7, 11) is 4.04. The predicted octanol–water partition coefficient (Wildman–Crippen LogP) is 2.24. The van der Waals surface area contributed by atoms with E-state index in [0.717, 1.165) is 5.56 Å². The fourth-order valence-electron chi connectivity index (χ4n) is 1.09. The molecule has 0 aliphatic heterocycles. The molecule has 1 rings (SSSR count). The van der Waals surface area contributed by atoms with E-state index in [4.69, 9.17) is 5.73 Å². The molecule has 0 atom stereocenters. The highest BCUT2D eigenvalue weighted by atomic mass is 15.1. The maximum atomic E-state index is 5.43. The maximum Gasteiger partial charge on any atom is 0.0361 e. The molecule has 2 nitrogen and oxygen atoms in total. The molecule has 0 aromatic heterocycles. The number of nitrogens with zero attached hydrogens (tertiary/aromatic N) is 1. The van der Waals surface area contributed by atoms with Gasteiger partial charge < -0.3 is 10.6 Å². The van der Waals surface area contributed by atoms with Gasteiger partial charge in [0.1, 0.15) is 0 Å². The quantitative estimate of drug-likeness (QED) is 0.737. The minimum Gasteiger partial charge on any atom is -0.399 e. The molecule has 1 aromatic rings. The highest BCUT2D eigenvalue weighted by Gasteiger charge is 1.92. The van der Waals surface area contributed by atoms with E-state index in [1.807, 2.05) is 20.2 Å². The average Bonchev–Trinajstić information content (AvgIpc) is 2.15. The number of nitrogens with two attached hydrogens (primary N) is 1. The molecule has 0 spiro atoms. The van der Waals surface area contributed by atoms with Crippen molar-refractivity contribution in [2.45, 2.75) is 0 Å². The van der Waals surface area contributed by atoms with Gasteiger partial charge in [0.05, 0.1) is 0 Å². The molecule has 0 amide bonds. The molecule has 2 heteroatoms. The van der Waals surface area contributed by atoms with Gasteiger partial charge in [-0.05, 0) is 23.8 Å². The second-order valence-electron chi connectivity index (χ2n) is 3.39. The van der Waals surface area contributed by atoms with Crippen LogP contribution in [0.3, 0.4) is 0 Å². The van der Waals surface area contributed by atoms with Crippen molar-refractivity contribution in [1.29, 1.82) is 0 Å². The molecule has 0 unspecified atom stereocenters. The van der Waals surface area contributed by atoms with Gasteiger partial charge in [-0.15, -0.1) is 0 Å². The minimum atomic E-state index is 0.571. The normalized spacial score (nSPS) is 10.4. The first-order chi connectivity index (χ1) is 6.59. The van der Waals surface area contributed by atoms with Gasteiger partial charge in [-0.25, -0.2) is 0 Å². The molecule has 0 bridgehead atoms. The van der Waals surface area contributed by atoms with Crippen LogP contribution in [0.1, 0.15) is 5.56 Å². The van der Waals surface area contributed by atoms with Crippen molar-refractivity contribution in [2.24, 2.45) is 5.73 Å². The van der Waals surface area contributed by atoms with Crippen LogP contribution in [0.2, 0.25) is 0 Å². The van der Waals surface area contributed by atoms with Gasteiger partial charge in [0, 0.05) is 25.5 Å². The first kappa shape index (κ1) is 10.4. The van der Waals surface area contributed by atoms with Crippen molar-refractivity contribution < 1.29 is 0 Å². The first-order valence-corrected chi connectivity index (χ1v) is 4.49. The lowest BCUT2D eigenvalue weighted by atomic mass is 10.2. The molecule has 0 fully saturated rings. The molecule has 14 heavy (non-hydrogen) atoms. The lowest BCUT2D eigenvalue weighted by Gasteiger charge is -2.11. The maximum absolute atomic E-state index is 5.43. The number of benzene rings is 1. The summed E-state index contributed by atoms with van der Waals surface area (Å²) in [6.45, 7) is 3.60. The largest absolute Gasteiger partial charge is 0.399 e. The Balaban J connectivity index is 2.78. The van der Waals surface area contributed by atoms with E-state index in [1.54, 1.807) is 6.08 Å². The number of hydrogen-bond acceptors (Lipinski definition) is 2. The van der Waals surface area contributed by atoms with Gasteiger partial charge in [-0.3, -0.25) is 0 Å². The molecule has 0 saturated heterocycles. The van der Waals surface area contributed by atoms with Crippen LogP contribution >= 0.6 is 0 Å². The van der Waals surface area contributed by atoms with E-state index < -0.39 is 0 Å². The van der Waals surface area contributed by atoms with Crippen molar-refractivity contribution >= 4 is 11.8 Å². The predicted molar refractivity (Wildman–Crippen MR) is 63.1 cm³/mol. The summed E-state index contributed by atoms with van der Waals surface area (Å²) in [5.74, 6) is 0. The van der Waals surface area contributed by atoms with Crippen molar-refractivity contribution in [2.75, 3.05) is 19.0 Å². The fourth-order valence-corrected chi connectivity index (χ4v) is 1.09. The van der Waals surface area contributed by atoms with Crippen molar-refractivity contribution in [1.82, 2.24) is 0 Å². The summed E-state index contributed by atoms with van der Waals surface area (Å²) in [5, 5.41) is 0. The molecule has 0 saturated carbocycles. The molecular weight excluding hydrogens is 172 g/mol. The van der Waals surface area contributed by atoms with E-state index >= 15 is 0 Å². The molecule has 2 N–H and O–H groups in total. The molecular formula is C12H16N2. The van der Waals surface area contributed by atoms with E-state index in [2.05, 4.69) is 35.7 Å². The Kier molecular flexibility index (Phi) is 3.35. The molecule has 1 aromatic carbocycles. The third-order valence-electron chi connectivity index (χ3n) is 1.90. The highest BCUT2D eigenvalue weighted by molar-refractivity contribution is 5.56. The van der Waals surface area contributed by atoms with Crippen LogP contribution in [0.5, 0.6) is 0 Å². The molecule has 0 aliphatic rings. The highest BCUT2D eigenvalue weighted by Crippen LogP contribution is 2.13. The molecule has 74 valence electrons. The Hall–Kier alpha value is -1.70. The van der Waals surface area contributed by atoms with Gasteiger partial charge in [-0.2, -0.15) is 0 Å². The van der Waals surface area contributed by atoms with E-state index in [0.29, 0.717) is 5.70 Å². The van der Waals surface area contributed by atoms with Gasteiger partial charge in [0.15, 0.2) is 0 Å². The van der Waals surface area contributed by atoms with Gasteiger partial charge >= 0.3 is 0 Å². The summed E-state index contributed by atoms with van der Waals surface area (Å²) in [6.07, 6.45) is 3.74. The monoisotopic (exact) mass is 188 g/mol. The zero-order chi connectivity index (χ0) is 10.6. The second-order valence-corrected chi connectivity index (χ2v) is 3.39. The Bertz CT molecular complexity index is 334. The number of hydrogen-bond donors (Lipinski definition) is 1. The Morgan fingerprint density at radius 2 is 1.86 bits per heavy atom. The Morgan fingerprint density at radius 3 is 2.29 bits per heavy atom. The lowest BCUT2D eigenvalue weighted by molar-refractivity contribution is 1.13. The molecule has 0 heterocycles. The molecule has 0 radical (unpaired) electrons. The third-order valence-corrected chi connectivity index (χ3v) is 1.90. The lowest BCUT2D eigenvalue weighted by Crippen LogP contribution is -2.07. The third kappa shape index (κ3) is 2.98.